The molecular weight excluding hydrogens is 440 g/mol. The maximum Gasteiger partial charge on any atom is 0.337 e. The molecule has 0 aromatic heterocycles. The number of hydrogen-bond acceptors (Lipinski definition) is 4. The van der Waals surface area contributed by atoms with Crippen LogP contribution in [0.5, 0.6) is 0 Å². The third-order valence-electron chi connectivity index (χ3n) is 3.31. The fourth-order valence-electron chi connectivity index (χ4n) is 1.99. The molecule has 0 heterocycles. The molecule has 0 aliphatic carbocycles. The molecule has 0 spiro atoms. The van der Waals surface area contributed by atoms with Crippen molar-refractivity contribution in [1.82, 2.24) is 0 Å². The number of carbonyl (C=O) groups is 2. The van der Waals surface area contributed by atoms with E-state index in [2.05, 4.69) is 41.3 Å². The maximum absolute atomic E-state index is 11.5. The van der Waals surface area contributed by atoms with E-state index in [4.69, 9.17) is 0 Å². The predicted molar refractivity (Wildman–Crippen MR) is 100 cm³/mol. The Morgan fingerprint density at radius 1 is 0.625 bits per heavy atom. The summed E-state index contributed by atoms with van der Waals surface area (Å²) in [6.07, 6.45) is 0. The number of esters is 2. The molecule has 2 aromatic carbocycles. The van der Waals surface area contributed by atoms with Crippen LogP contribution in [-0.2, 0) is 9.47 Å². The van der Waals surface area contributed by atoms with Crippen molar-refractivity contribution in [2.45, 2.75) is 0 Å². The van der Waals surface area contributed by atoms with E-state index in [1.807, 2.05) is 24.3 Å². The van der Waals surface area contributed by atoms with E-state index in [9.17, 15) is 9.59 Å². The lowest BCUT2D eigenvalue weighted by atomic mass is 10.1. The summed E-state index contributed by atoms with van der Waals surface area (Å²) in [4.78, 5) is 22.9. The molecule has 0 saturated carbocycles. The van der Waals surface area contributed by atoms with Crippen LogP contribution in [0.1, 0.15) is 31.8 Å². The number of benzene rings is 2. The molecular formula is C18H14Br2O4. The Balaban J connectivity index is 2.29. The van der Waals surface area contributed by atoms with Crippen molar-refractivity contribution in [3.05, 3.63) is 70.8 Å². The topological polar surface area (TPSA) is 52.6 Å². The number of hydrogen-bond donors (Lipinski definition) is 0. The zero-order valence-electron chi connectivity index (χ0n) is 13.0. The van der Waals surface area contributed by atoms with Gasteiger partial charge >= 0.3 is 11.9 Å². The third-order valence-corrected chi connectivity index (χ3v) is 5.55. The Morgan fingerprint density at radius 3 is 1.12 bits per heavy atom. The summed E-state index contributed by atoms with van der Waals surface area (Å²) in [6.45, 7) is 0. The Labute approximate surface area is 156 Å². The molecule has 0 aliphatic heterocycles. The normalized spacial score (nSPS) is 11.5. The van der Waals surface area contributed by atoms with Gasteiger partial charge in [0.05, 0.1) is 25.3 Å². The monoisotopic (exact) mass is 452 g/mol. The lowest BCUT2D eigenvalue weighted by Crippen LogP contribution is -2.00. The molecule has 0 atom stereocenters. The van der Waals surface area contributed by atoms with E-state index in [0.29, 0.717) is 11.1 Å². The number of halogens is 2. The molecule has 6 heteroatoms. The molecule has 0 fully saturated rings. The largest absolute Gasteiger partial charge is 0.465 e. The van der Waals surface area contributed by atoms with Crippen LogP contribution in [0.25, 0.3) is 8.96 Å². The zero-order valence-corrected chi connectivity index (χ0v) is 16.2. The van der Waals surface area contributed by atoms with Gasteiger partial charge in [-0.1, -0.05) is 24.3 Å². The van der Waals surface area contributed by atoms with Crippen LogP contribution >= 0.6 is 31.9 Å². The van der Waals surface area contributed by atoms with Crippen molar-refractivity contribution in [2.75, 3.05) is 14.2 Å². The molecule has 0 unspecified atom stereocenters. The van der Waals surface area contributed by atoms with Gasteiger partial charge in [-0.2, -0.15) is 0 Å². The van der Waals surface area contributed by atoms with Crippen LogP contribution < -0.4 is 0 Å². The summed E-state index contributed by atoms with van der Waals surface area (Å²) >= 11 is 7.11. The van der Waals surface area contributed by atoms with Crippen molar-refractivity contribution in [1.29, 1.82) is 0 Å². The SMILES string of the molecule is COC(=O)c1ccc(/C(Br)=C(\Br)c2ccc(C(=O)OC)cc2)cc1. The second-order valence-corrected chi connectivity index (χ2v) is 6.35. The average molecular weight is 454 g/mol. The van der Waals surface area contributed by atoms with Gasteiger partial charge in [0.1, 0.15) is 0 Å². The van der Waals surface area contributed by atoms with Gasteiger partial charge in [0.15, 0.2) is 0 Å². The second kappa shape index (κ2) is 8.26. The molecule has 0 N–H and O–H groups in total. The minimum absolute atomic E-state index is 0.376. The summed E-state index contributed by atoms with van der Waals surface area (Å²) in [5.41, 5.74) is 2.76. The Kier molecular flexibility index (Phi) is 6.34. The van der Waals surface area contributed by atoms with Gasteiger partial charge in [0.25, 0.3) is 0 Å². The summed E-state index contributed by atoms with van der Waals surface area (Å²) in [6, 6.07) is 14.1. The maximum atomic E-state index is 11.5. The lowest BCUT2D eigenvalue weighted by molar-refractivity contribution is 0.0592. The highest BCUT2D eigenvalue weighted by Gasteiger charge is 2.10. The molecule has 4 nitrogen and oxygen atoms in total. The number of methoxy groups -OCH3 is 2. The summed E-state index contributed by atoms with van der Waals surface area (Å²) in [5.74, 6) is -0.752. The van der Waals surface area contributed by atoms with Crippen LogP contribution in [0.2, 0.25) is 0 Å². The Bertz CT molecular complexity index is 710. The summed E-state index contributed by atoms with van der Waals surface area (Å²) < 4.78 is 11.0. The molecule has 124 valence electrons. The first-order chi connectivity index (χ1) is 11.5. The molecule has 0 bridgehead atoms. The quantitative estimate of drug-likeness (QED) is 0.489. The fraction of sp³-hybridized carbons (Fsp3) is 0.111. The molecule has 0 saturated heterocycles. The predicted octanol–water partition coefficient (Wildman–Crippen LogP) is 4.88. The van der Waals surface area contributed by atoms with E-state index < -0.39 is 0 Å². The van der Waals surface area contributed by atoms with Gasteiger partial charge in [-0.3, -0.25) is 0 Å². The Hall–Kier alpha value is -1.92. The van der Waals surface area contributed by atoms with Crippen LogP contribution in [-0.4, -0.2) is 26.2 Å². The highest BCUT2D eigenvalue weighted by molar-refractivity contribution is 9.18. The van der Waals surface area contributed by atoms with E-state index >= 15 is 0 Å². The van der Waals surface area contributed by atoms with Crippen LogP contribution in [0.15, 0.2) is 48.5 Å². The molecule has 24 heavy (non-hydrogen) atoms. The second-order valence-electron chi connectivity index (χ2n) is 4.77. The highest BCUT2D eigenvalue weighted by Crippen LogP contribution is 2.35. The fourth-order valence-corrected chi connectivity index (χ4v) is 2.98. The minimum Gasteiger partial charge on any atom is -0.465 e. The molecule has 2 rings (SSSR count). The number of rotatable bonds is 4. The molecule has 2 aromatic rings. The van der Waals surface area contributed by atoms with Crippen molar-refractivity contribution >= 4 is 52.8 Å². The number of carbonyl (C=O) groups excluding carboxylic acids is 2. The minimum atomic E-state index is -0.376. The van der Waals surface area contributed by atoms with Crippen LogP contribution in [0.3, 0.4) is 0 Å². The smallest absolute Gasteiger partial charge is 0.337 e. The van der Waals surface area contributed by atoms with E-state index in [-0.39, 0.29) is 11.9 Å². The van der Waals surface area contributed by atoms with E-state index in [1.54, 1.807) is 24.3 Å². The lowest BCUT2D eigenvalue weighted by Gasteiger charge is -2.07. The van der Waals surface area contributed by atoms with Gasteiger partial charge in [0, 0.05) is 8.96 Å². The first-order valence-corrected chi connectivity index (χ1v) is 8.49. The standard InChI is InChI=1S/C18H14Br2O4/c1-23-17(21)13-7-3-11(4-8-13)15(19)16(20)12-5-9-14(10-6-12)18(22)24-2/h3-10H,1-2H3/b16-15+. The van der Waals surface area contributed by atoms with Gasteiger partial charge < -0.3 is 9.47 Å². The van der Waals surface area contributed by atoms with Crippen molar-refractivity contribution in [2.24, 2.45) is 0 Å². The van der Waals surface area contributed by atoms with Crippen molar-refractivity contribution < 1.29 is 19.1 Å². The Morgan fingerprint density at radius 2 is 0.875 bits per heavy atom. The molecule has 0 radical (unpaired) electrons. The summed E-state index contributed by atoms with van der Waals surface area (Å²) in [7, 11) is 2.70. The molecule has 0 aliphatic rings. The number of ether oxygens (including phenoxy) is 2. The van der Waals surface area contributed by atoms with E-state index in [1.165, 1.54) is 14.2 Å². The van der Waals surface area contributed by atoms with Crippen molar-refractivity contribution in [3.8, 4) is 0 Å². The van der Waals surface area contributed by atoms with Crippen molar-refractivity contribution in [3.63, 3.8) is 0 Å². The van der Waals surface area contributed by atoms with Gasteiger partial charge in [-0.05, 0) is 67.3 Å². The van der Waals surface area contributed by atoms with Crippen LogP contribution in [0.4, 0.5) is 0 Å². The average Bonchev–Trinajstić information content (AvgIpc) is 2.65. The summed E-state index contributed by atoms with van der Waals surface area (Å²) in [5, 5.41) is 0. The third kappa shape index (κ3) is 4.13. The van der Waals surface area contributed by atoms with Crippen LogP contribution in [0, 0.1) is 0 Å². The highest BCUT2D eigenvalue weighted by atomic mass is 79.9. The molecule has 0 amide bonds. The van der Waals surface area contributed by atoms with E-state index in [0.717, 1.165) is 20.1 Å². The first-order valence-electron chi connectivity index (χ1n) is 6.90. The zero-order chi connectivity index (χ0) is 17.7. The van der Waals surface area contributed by atoms with Gasteiger partial charge in [0.2, 0.25) is 0 Å². The van der Waals surface area contributed by atoms with Gasteiger partial charge in [-0.15, -0.1) is 0 Å². The first kappa shape index (κ1) is 18.4. The van der Waals surface area contributed by atoms with Gasteiger partial charge in [-0.25, -0.2) is 9.59 Å².